The lowest BCUT2D eigenvalue weighted by molar-refractivity contribution is -0.121. The van der Waals surface area contributed by atoms with Crippen LogP contribution >= 0.6 is 0 Å². The summed E-state index contributed by atoms with van der Waals surface area (Å²) in [5.74, 6) is -0.188. The Kier molecular flexibility index (Phi) is 6.40. The van der Waals surface area contributed by atoms with Gasteiger partial charge in [-0.3, -0.25) is 9.59 Å². The van der Waals surface area contributed by atoms with Crippen LogP contribution in [0.25, 0.3) is 0 Å². The molecule has 3 aromatic rings. The lowest BCUT2D eigenvalue weighted by Crippen LogP contribution is -2.38. The van der Waals surface area contributed by atoms with Crippen LogP contribution in [-0.4, -0.2) is 30.5 Å². The normalized spacial score (nSPS) is 12.7. The topological polar surface area (TPSA) is 84.9 Å². The number of rotatable bonds is 6. The van der Waals surface area contributed by atoms with Crippen LogP contribution < -0.4 is 15.0 Å². The standard InChI is InChI=1S/C26H24N2O5/c1-17(2)33-26(31)20-6-5-7-21(14-20)27-25(30)19-12-10-18(11-13-19)15-28-22-8-3-4-9-23(22)32-16-24(28)29/h3-14,17H,15-16H2,1-2H3,(H,27,30). The number of ether oxygens (including phenoxy) is 2. The van der Waals surface area contributed by atoms with Crippen molar-refractivity contribution in [2.75, 3.05) is 16.8 Å². The molecule has 0 aromatic heterocycles. The highest BCUT2D eigenvalue weighted by Gasteiger charge is 2.25. The zero-order valence-electron chi connectivity index (χ0n) is 18.4. The molecule has 7 nitrogen and oxygen atoms in total. The summed E-state index contributed by atoms with van der Waals surface area (Å²) >= 11 is 0. The second-order valence-corrected chi connectivity index (χ2v) is 7.92. The van der Waals surface area contributed by atoms with Crippen LogP contribution in [0.1, 0.15) is 40.1 Å². The second-order valence-electron chi connectivity index (χ2n) is 7.92. The van der Waals surface area contributed by atoms with Crippen LogP contribution in [0.4, 0.5) is 11.4 Å². The number of anilines is 2. The Bertz CT molecular complexity index is 1190. The number of amides is 2. The fourth-order valence-corrected chi connectivity index (χ4v) is 3.48. The van der Waals surface area contributed by atoms with Crippen molar-refractivity contribution in [3.05, 3.63) is 89.5 Å². The van der Waals surface area contributed by atoms with Gasteiger partial charge in [-0.05, 0) is 61.9 Å². The molecule has 0 atom stereocenters. The molecule has 4 rings (SSSR count). The summed E-state index contributed by atoms with van der Waals surface area (Å²) < 4.78 is 10.7. The summed E-state index contributed by atoms with van der Waals surface area (Å²) in [5, 5.41) is 2.80. The second kappa shape index (κ2) is 9.56. The monoisotopic (exact) mass is 444 g/mol. The van der Waals surface area contributed by atoms with Crippen molar-refractivity contribution in [2.24, 2.45) is 0 Å². The largest absolute Gasteiger partial charge is 0.482 e. The number of nitrogens with one attached hydrogen (secondary N) is 1. The molecule has 0 saturated heterocycles. The Morgan fingerprint density at radius 3 is 2.52 bits per heavy atom. The number of esters is 1. The van der Waals surface area contributed by atoms with E-state index in [1.807, 2.05) is 36.4 Å². The van der Waals surface area contributed by atoms with Crippen LogP contribution in [-0.2, 0) is 16.1 Å². The highest BCUT2D eigenvalue weighted by Crippen LogP contribution is 2.32. The van der Waals surface area contributed by atoms with Gasteiger partial charge in [-0.2, -0.15) is 0 Å². The van der Waals surface area contributed by atoms with E-state index in [1.165, 1.54) is 0 Å². The van der Waals surface area contributed by atoms with Gasteiger partial charge in [-0.1, -0.05) is 30.3 Å². The van der Waals surface area contributed by atoms with Crippen molar-refractivity contribution < 1.29 is 23.9 Å². The molecule has 3 aromatic carbocycles. The average molecular weight is 444 g/mol. The third-order valence-corrected chi connectivity index (χ3v) is 5.06. The molecule has 1 aliphatic rings. The number of nitrogens with zero attached hydrogens (tertiary/aromatic N) is 1. The van der Waals surface area contributed by atoms with Gasteiger partial charge in [-0.15, -0.1) is 0 Å². The van der Waals surface area contributed by atoms with Crippen LogP contribution in [0.3, 0.4) is 0 Å². The van der Waals surface area contributed by atoms with Crippen LogP contribution in [0.2, 0.25) is 0 Å². The Hall–Kier alpha value is -4.13. The van der Waals surface area contributed by atoms with E-state index in [4.69, 9.17) is 9.47 Å². The summed E-state index contributed by atoms with van der Waals surface area (Å²) in [7, 11) is 0. The Labute approximate surface area is 191 Å². The van der Waals surface area contributed by atoms with Gasteiger partial charge in [0, 0.05) is 11.3 Å². The average Bonchev–Trinajstić information content (AvgIpc) is 2.81. The molecule has 33 heavy (non-hydrogen) atoms. The molecule has 7 heteroatoms. The number of carbonyl (C=O) groups is 3. The van der Waals surface area contributed by atoms with E-state index < -0.39 is 5.97 Å². The van der Waals surface area contributed by atoms with Crippen molar-refractivity contribution in [2.45, 2.75) is 26.5 Å². The molecule has 2 amide bonds. The van der Waals surface area contributed by atoms with Crippen LogP contribution in [0, 0.1) is 0 Å². The smallest absolute Gasteiger partial charge is 0.338 e. The van der Waals surface area contributed by atoms with Crippen molar-refractivity contribution >= 4 is 29.2 Å². The van der Waals surface area contributed by atoms with Gasteiger partial charge < -0.3 is 19.7 Å². The Morgan fingerprint density at radius 2 is 1.76 bits per heavy atom. The Morgan fingerprint density at radius 1 is 1.00 bits per heavy atom. The first-order valence-corrected chi connectivity index (χ1v) is 10.6. The predicted molar refractivity (Wildman–Crippen MR) is 125 cm³/mol. The molecule has 0 spiro atoms. The quantitative estimate of drug-likeness (QED) is 0.569. The third kappa shape index (κ3) is 5.20. The van der Waals surface area contributed by atoms with Crippen molar-refractivity contribution in [1.29, 1.82) is 0 Å². The van der Waals surface area contributed by atoms with E-state index >= 15 is 0 Å². The summed E-state index contributed by atoms with van der Waals surface area (Å²) in [5.41, 5.74) is 2.94. The molecule has 0 bridgehead atoms. The maximum atomic E-state index is 12.7. The fraction of sp³-hybridized carbons (Fsp3) is 0.192. The maximum absolute atomic E-state index is 12.7. The summed E-state index contributed by atoms with van der Waals surface area (Å²) in [4.78, 5) is 38.8. The first kappa shape index (κ1) is 22.1. The minimum Gasteiger partial charge on any atom is -0.482 e. The van der Waals surface area contributed by atoms with Crippen molar-refractivity contribution in [3.63, 3.8) is 0 Å². The molecule has 1 heterocycles. The maximum Gasteiger partial charge on any atom is 0.338 e. The summed E-state index contributed by atoms with van der Waals surface area (Å²) in [6.07, 6.45) is -0.226. The molecule has 0 fully saturated rings. The van der Waals surface area contributed by atoms with E-state index in [9.17, 15) is 14.4 Å². The Balaban J connectivity index is 1.43. The van der Waals surface area contributed by atoms with Gasteiger partial charge in [0.25, 0.3) is 11.8 Å². The molecular weight excluding hydrogens is 420 g/mol. The van der Waals surface area contributed by atoms with Gasteiger partial charge in [0.1, 0.15) is 5.75 Å². The number of para-hydroxylation sites is 2. The molecule has 0 radical (unpaired) electrons. The molecule has 0 saturated carbocycles. The van der Waals surface area contributed by atoms with Gasteiger partial charge in [-0.25, -0.2) is 4.79 Å². The first-order valence-electron chi connectivity index (χ1n) is 10.6. The highest BCUT2D eigenvalue weighted by atomic mass is 16.5. The molecule has 1 aliphatic heterocycles. The van der Waals surface area contributed by atoms with Crippen molar-refractivity contribution in [3.8, 4) is 5.75 Å². The number of hydrogen-bond acceptors (Lipinski definition) is 5. The number of fused-ring (bicyclic) bond motifs is 1. The number of hydrogen-bond donors (Lipinski definition) is 1. The molecule has 0 unspecified atom stereocenters. The molecule has 1 N–H and O–H groups in total. The van der Waals surface area contributed by atoms with Crippen molar-refractivity contribution in [1.82, 2.24) is 0 Å². The number of benzene rings is 3. The van der Waals surface area contributed by atoms with Gasteiger partial charge in [0.15, 0.2) is 6.61 Å². The van der Waals surface area contributed by atoms with E-state index in [0.717, 1.165) is 11.3 Å². The first-order chi connectivity index (χ1) is 15.9. The summed E-state index contributed by atoms with van der Waals surface area (Å²) in [6.45, 7) is 3.93. The van der Waals surface area contributed by atoms with Gasteiger partial charge in [0.05, 0.1) is 23.9 Å². The molecule has 0 aliphatic carbocycles. The zero-order valence-corrected chi connectivity index (χ0v) is 18.4. The minimum absolute atomic E-state index is 0.00127. The van der Waals surface area contributed by atoms with Crippen LogP contribution in [0.5, 0.6) is 5.75 Å². The van der Waals surface area contributed by atoms with E-state index in [1.54, 1.807) is 55.1 Å². The van der Waals surface area contributed by atoms with Gasteiger partial charge >= 0.3 is 5.97 Å². The highest BCUT2D eigenvalue weighted by molar-refractivity contribution is 6.05. The minimum atomic E-state index is -0.440. The fourth-order valence-electron chi connectivity index (χ4n) is 3.48. The van der Waals surface area contributed by atoms with E-state index in [0.29, 0.717) is 29.1 Å². The van der Waals surface area contributed by atoms with E-state index in [2.05, 4.69) is 5.32 Å². The molecule has 168 valence electrons. The SMILES string of the molecule is CC(C)OC(=O)c1cccc(NC(=O)c2ccc(CN3C(=O)COc4ccccc43)cc2)c1. The summed E-state index contributed by atoms with van der Waals surface area (Å²) in [6, 6.07) is 21.1. The van der Waals surface area contributed by atoms with Crippen LogP contribution in [0.15, 0.2) is 72.8 Å². The molecular formula is C26H24N2O5. The zero-order chi connectivity index (χ0) is 23.4. The van der Waals surface area contributed by atoms with Gasteiger partial charge in [0.2, 0.25) is 0 Å². The number of carbonyl (C=O) groups excluding carboxylic acids is 3. The lowest BCUT2D eigenvalue weighted by Gasteiger charge is -2.29. The third-order valence-electron chi connectivity index (χ3n) is 5.06. The van der Waals surface area contributed by atoms with E-state index in [-0.39, 0.29) is 24.5 Å². The predicted octanol–water partition coefficient (Wildman–Crippen LogP) is 4.43. The lowest BCUT2D eigenvalue weighted by atomic mass is 10.1.